The number of hydrogen-bond donors (Lipinski definition) is 1. The molecule has 3 nitrogen and oxygen atoms in total. The summed E-state index contributed by atoms with van der Waals surface area (Å²) < 4.78 is 0. The molecule has 0 radical (unpaired) electrons. The van der Waals surface area contributed by atoms with Crippen LogP contribution in [0.3, 0.4) is 0 Å². The van der Waals surface area contributed by atoms with E-state index < -0.39 is 11.4 Å². The first-order valence-corrected chi connectivity index (χ1v) is 13.7. The van der Waals surface area contributed by atoms with Gasteiger partial charge in [0.25, 0.3) is 0 Å². The summed E-state index contributed by atoms with van der Waals surface area (Å²) in [7, 11) is 0. The van der Waals surface area contributed by atoms with E-state index in [2.05, 4.69) is 54.5 Å². The maximum atomic E-state index is 12.6. The molecule has 186 valence electrons. The molecule has 4 saturated carbocycles. The maximum absolute atomic E-state index is 12.6. The van der Waals surface area contributed by atoms with Crippen molar-refractivity contribution in [1.29, 1.82) is 0 Å². The van der Waals surface area contributed by atoms with Crippen molar-refractivity contribution < 1.29 is 15.0 Å². The quantitative estimate of drug-likeness (QED) is 0.501. The van der Waals surface area contributed by atoms with E-state index in [1.807, 2.05) is 0 Å². The predicted molar refractivity (Wildman–Crippen MR) is 130 cm³/mol. The summed E-state index contributed by atoms with van der Waals surface area (Å²) in [6.07, 6.45) is 12.3. The number of carboxylic acid groups (broad SMARTS) is 1. The largest absolute Gasteiger partial charge is 0.550 e. The highest BCUT2D eigenvalue weighted by molar-refractivity contribution is 5.74. The van der Waals surface area contributed by atoms with E-state index in [-0.39, 0.29) is 39.1 Å². The van der Waals surface area contributed by atoms with Crippen molar-refractivity contribution in [2.75, 3.05) is 0 Å². The maximum Gasteiger partial charge on any atom is 0.0594 e. The lowest BCUT2D eigenvalue weighted by atomic mass is 9.33. The molecule has 0 spiro atoms. The third kappa shape index (κ3) is 2.87. The number of hydrogen-bond acceptors (Lipinski definition) is 3. The van der Waals surface area contributed by atoms with Crippen LogP contribution >= 0.6 is 0 Å². The van der Waals surface area contributed by atoms with Crippen LogP contribution in [0.25, 0.3) is 0 Å². The predicted octanol–water partition coefficient (Wildman–Crippen LogP) is 5.90. The number of fused-ring (bicyclic) bond motifs is 7. The molecule has 0 bridgehead atoms. The topological polar surface area (TPSA) is 60.4 Å². The Labute approximate surface area is 201 Å². The van der Waals surface area contributed by atoms with Gasteiger partial charge in [-0.05, 0) is 109 Å². The Morgan fingerprint density at radius 3 is 2.24 bits per heavy atom. The van der Waals surface area contributed by atoms with Gasteiger partial charge < -0.3 is 15.0 Å². The number of aliphatic hydroxyl groups excluding tert-OH is 1. The molecule has 0 heterocycles. The van der Waals surface area contributed by atoms with E-state index in [4.69, 9.17) is 0 Å². The van der Waals surface area contributed by atoms with Gasteiger partial charge in [-0.1, -0.05) is 60.1 Å². The third-order valence-corrected chi connectivity index (χ3v) is 13.0. The van der Waals surface area contributed by atoms with Gasteiger partial charge in [0.05, 0.1) is 6.10 Å². The second-order valence-electron chi connectivity index (χ2n) is 15.0. The molecular formula is C30H47O3-. The molecule has 3 heteroatoms. The SMILES string of the molecule is CC1(C)CC[C@]2(C(=O)[O-])CC[C@]3(C)C(=CC[C@@H]4[C@@]5(C)CC[C@H](O)C(C)(C)[C@H]5CC[C@]43C)[C@@H]2C1. The highest BCUT2D eigenvalue weighted by Gasteiger charge is 2.68. The van der Waals surface area contributed by atoms with Crippen LogP contribution in [-0.4, -0.2) is 17.2 Å². The molecule has 5 aliphatic rings. The van der Waals surface area contributed by atoms with Crippen LogP contribution in [0, 0.1) is 50.2 Å². The van der Waals surface area contributed by atoms with Crippen molar-refractivity contribution in [3.05, 3.63) is 11.6 Å². The minimum absolute atomic E-state index is 0.0384. The van der Waals surface area contributed by atoms with Crippen molar-refractivity contribution in [3.63, 3.8) is 0 Å². The molecule has 0 aromatic heterocycles. The van der Waals surface area contributed by atoms with Crippen molar-refractivity contribution in [1.82, 2.24) is 0 Å². The highest BCUT2D eigenvalue weighted by atomic mass is 16.4. The van der Waals surface area contributed by atoms with Crippen LogP contribution < -0.4 is 5.11 Å². The fraction of sp³-hybridized carbons (Fsp3) is 0.900. The molecule has 5 aliphatic carbocycles. The second-order valence-corrected chi connectivity index (χ2v) is 15.0. The van der Waals surface area contributed by atoms with Gasteiger partial charge in [0.15, 0.2) is 0 Å². The van der Waals surface area contributed by atoms with Crippen LogP contribution in [0.5, 0.6) is 0 Å². The summed E-state index contributed by atoms with van der Waals surface area (Å²) in [6, 6.07) is 0. The molecule has 0 aromatic rings. The Morgan fingerprint density at radius 2 is 1.58 bits per heavy atom. The Balaban J connectivity index is 1.60. The average molecular weight is 456 g/mol. The molecule has 4 fully saturated rings. The number of allylic oxidation sites excluding steroid dienone is 2. The number of carboxylic acids is 1. The van der Waals surface area contributed by atoms with E-state index in [0.717, 1.165) is 51.4 Å². The summed E-state index contributed by atoms with van der Waals surface area (Å²) in [5.41, 5.74) is 1.43. The summed E-state index contributed by atoms with van der Waals surface area (Å²) >= 11 is 0. The van der Waals surface area contributed by atoms with E-state index in [9.17, 15) is 15.0 Å². The summed E-state index contributed by atoms with van der Waals surface area (Å²) in [4.78, 5) is 12.6. The Kier molecular flexibility index (Phi) is 4.99. The fourth-order valence-electron chi connectivity index (χ4n) is 10.6. The number of rotatable bonds is 1. The summed E-state index contributed by atoms with van der Waals surface area (Å²) in [5, 5.41) is 23.5. The second kappa shape index (κ2) is 6.89. The number of carbonyl (C=O) groups is 1. The van der Waals surface area contributed by atoms with Gasteiger partial charge in [0.1, 0.15) is 0 Å². The van der Waals surface area contributed by atoms with Gasteiger partial charge >= 0.3 is 0 Å². The smallest absolute Gasteiger partial charge is 0.0594 e. The van der Waals surface area contributed by atoms with Crippen LogP contribution in [0.2, 0.25) is 0 Å². The van der Waals surface area contributed by atoms with Crippen molar-refractivity contribution in [3.8, 4) is 0 Å². The van der Waals surface area contributed by atoms with Gasteiger partial charge in [-0.15, -0.1) is 0 Å². The lowest BCUT2D eigenvalue weighted by Crippen LogP contribution is -2.65. The van der Waals surface area contributed by atoms with Gasteiger partial charge in [0, 0.05) is 11.4 Å². The van der Waals surface area contributed by atoms with E-state index >= 15 is 0 Å². The Bertz CT molecular complexity index is 885. The standard InChI is InChI=1S/C30H48O3/c1-25(2)14-16-30(24(32)33)17-15-28(6)19(20(30)18-25)8-9-22-27(5)12-11-23(31)26(3,4)21(27)10-13-29(22,28)7/h8,20-23,31H,9-18H2,1-7H3,(H,32,33)/p-1/t20-,21+,22+,23-,27-,28+,29+,30-/m0/s1. The summed E-state index contributed by atoms with van der Waals surface area (Å²) in [5.74, 6) is 0.469. The first kappa shape index (κ1) is 23.9. The lowest BCUT2D eigenvalue weighted by molar-refractivity contribution is -0.327. The lowest BCUT2D eigenvalue weighted by Gasteiger charge is -2.71. The minimum atomic E-state index is -0.795. The first-order valence-electron chi connectivity index (χ1n) is 13.7. The van der Waals surface area contributed by atoms with Crippen molar-refractivity contribution >= 4 is 5.97 Å². The molecule has 0 saturated heterocycles. The van der Waals surface area contributed by atoms with Crippen molar-refractivity contribution in [2.45, 2.75) is 119 Å². The Morgan fingerprint density at radius 1 is 0.909 bits per heavy atom. The van der Waals surface area contributed by atoms with Gasteiger partial charge in [-0.25, -0.2) is 0 Å². The van der Waals surface area contributed by atoms with E-state index in [1.165, 1.54) is 18.4 Å². The zero-order valence-corrected chi connectivity index (χ0v) is 22.2. The molecule has 8 atom stereocenters. The molecule has 0 aliphatic heterocycles. The van der Waals surface area contributed by atoms with Gasteiger partial charge in [-0.3, -0.25) is 0 Å². The average Bonchev–Trinajstić information content (AvgIpc) is 2.71. The summed E-state index contributed by atoms with van der Waals surface area (Å²) in [6.45, 7) is 16.8. The van der Waals surface area contributed by atoms with Crippen LogP contribution in [0.1, 0.15) is 113 Å². The highest BCUT2D eigenvalue weighted by Crippen LogP contribution is 2.75. The number of aliphatic carboxylic acids is 1. The van der Waals surface area contributed by atoms with E-state index in [0.29, 0.717) is 11.8 Å². The van der Waals surface area contributed by atoms with Crippen LogP contribution in [0.4, 0.5) is 0 Å². The zero-order valence-electron chi connectivity index (χ0n) is 22.2. The minimum Gasteiger partial charge on any atom is -0.550 e. The normalized spacial score (nSPS) is 52.4. The molecule has 1 N–H and O–H groups in total. The van der Waals surface area contributed by atoms with Crippen LogP contribution in [-0.2, 0) is 4.79 Å². The molecule has 0 amide bonds. The molecular weight excluding hydrogens is 408 g/mol. The van der Waals surface area contributed by atoms with Gasteiger partial charge in [0.2, 0.25) is 0 Å². The van der Waals surface area contributed by atoms with Crippen LogP contribution in [0.15, 0.2) is 11.6 Å². The fourth-order valence-corrected chi connectivity index (χ4v) is 10.6. The molecule has 33 heavy (non-hydrogen) atoms. The number of carbonyl (C=O) groups excluding carboxylic acids is 1. The van der Waals surface area contributed by atoms with Gasteiger partial charge in [-0.2, -0.15) is 0 Å². The molecule has 0 unspecified atom stereocenters. The van der Waals surface area contributed by atoms with Crippen molar-refractivity contribution in [2.24, 2.45) is 50.2 Å². The van der Waals surface area contributed by atoms with E-state index in [1.54, 1.807) is 0 Å². The Hall–Kier alpha value is -0.830. The number of aliphatic hydroxyl groups is 1. The first-order chi connectivity index (χ1) is 15.1. The monoisotopic (exact) mass is 455 g/mol. The zero-order chi connectivity index (χ0) is 24.2. The third-order valence-electron chi connectivity index (χ3n) is 13.0. The molecule has 0 aromatic carbocycles. The molecule has 5 rings (SSSR count).